The van der Waals surface area contributed by atoms with Crippen LogP contribution < -0.4 is 14.5 Å². The zero-order chi connectivity index (χ0) is 51.1. The van der Waals surface area contributed by atoms with E-state index in [0.717, 1.165) is 45.7 Å². The molecule has 5 heteroatoms. The van der Waals surface area contributed by atoms with Gasteiger partial charge in [-0.2, -0.15) is 0 Å². The zero-order valence-corrected chi connectivity index (χ0v) is 46.0. The second kappa shape index (κ2) is 16.6. The average molecular weight is 939 g/mol. The van der Waals surface area contributed by atoms with Gasteiger partial charge in [-0.05, 0) is 237 Å². The predicted molar refractivity (Wildman–Crippen MR) is 300 cm³/mol. The molecular formula is C66H74N4O. The molecule has 3 heterocycles. The van der Waals surface area contributed by atoms with Crippen molar-refractivity contribution in [3.63, 3.8) is 0 Å². The van der Waals surface area contributed by atoms with Crippen molar-refractivity contribution in [2.24, 2.45) is 4.99 Å². The summed E-state index contributed by atoms with van der Waals surface area (Å²) < 4.78 is 7.21. The van der Waals surface area contributed by atoms with Crippen molar-refractivity contribution in [2.75, 3.05) is 9.80 Å². The molecule has 0 bridgehead atoms. The van der Waals surface area contributed by atoms with Crippen LogP contribution in [0.2, 0.25) is 0 Å². The first-order chi connectivity index (χ1) is 33.3. The Balaban J connectivity index is 1.17. The average Bonchev–Trinajstić information content (AvgIpc) is 3.62. The maximum absolute atomic E-state index is 7.21. The molecule has 0 fully saturated rings. The van der Waals surface area contributed by atoms with Gasteiger partial charge in [0.05, 0.1) is 16.9 Å². The molecular weight excluding hydrogens is 865 g/mol. The van der Waals surface area contributed by atoms with Crippen molar-refractivity contribution >= 4 is 28.7 Å². The Morgan fingerprint density at radius 3 is 1.90 bits per heavy atom. The highest BCUT2D eigenvalue weighted by Crippen LogP contribution is 2.61. The van der Waals surface area contributed by atoms with Gasteiger partial charge in [0.1, 0.15) is 29.2 Å². The number of hydrogen-bond acceptors (Lipinski definition) is 5. The van der Waals surface area contributed by atoms with Crippen LogP contribution in [0.5, 0.6) is 11.5 Å². The lowest BCUT2D eigenvalue weighted by Crippen LogP contribution is -2.49. The Hall–Kier alpha value is -6.46. The van der Waals surface area contributed by atoms with E-state index < -0.39 is 5.54 Å². The van der Waals surface area contributed by atoms with Gasteiger partial charge in [-0.25, -0.2) is 4.98 Å². The molecule has 2 atom stereocenters. The molecule has 6 aromatic carbocycles. The Labute approximate surface area is 425 Å². The highest BCUT2D eigenvalue weighted by Gasteiger charge is 2.55. The number of pyridine rings is 1. The van der Waals surface area contributed by atoms with Gasteiger partial charge in [0.2, 0.25) is 0 Å². The summed E-state index contributed by atoms with van der Waals surface area (Å²) in [4.78, 5) is 16.2. The Morgan fingerprint density at radius 2 is 1.24 bits per heavy atom. The number of benzene rings is 6. The van der Waals surface area contributed by atoms with Crippen LogP contribution in [0.4, 0.5) is 22.9 Å². The Morgan fingerprint density at radius 1 is 0.606 bits per heavy atom. The highest BCUT2D eigenvalue weighted by molar-refractivity contribution is 6.15. The first-order valence-electron chi connectivity index (χ1n) is 25.9. The van der Waals surface area contributed by atoms with Crippen LogP contribution in [0.3, 0.4) is 0 Å². The molecule has 71 heavy (non-hydrogen) atoms. The third-order valence-corrected chi connectivity index (χ3v) is 17.3. The molecule has 1 aromatic heterocycles. The minimum Gasteiger partial charge on any atom is -0.457 e. The number of fused-ring (bicyclic) bond motifs is 8. The minimum atomic E-state index is -0.553. The maximum atomic E-state index is 7.21. The van der Waals surface area contributed by atoms with Crippen LogP contribution in [-0.4, -0.2) is 10.8 Å². The molecule has 1 aliphatic carbocycles. The standard InChI is InChI=1S/C66H74N4O/c1-35(2)47-30-48(32-52(31-47)71-51-26-36(3)25-50(34-51)69-57-23-22-49(64(14,15)16)33-55(57)65(17,18)54-21-20-24-67-63(54)69)62-68-61-53-28-39(6)41(8)45(12)58(53)59-46(13)42(9)40(7)29-56(59)66(61,19)70(62)60-43(10)37(4)27-38(5)44(60)11/h20-35,61H,1-19H3/t61-,66+/m1/s1. The summed E-state index contributed by atoms with van der Waals surface area (Å²) in [6, 6.07) is 31.9. The van der Waals surface area contributed by atoms with Crippen LogP contribution in [0, 0.1) is 76.2 Å². The van der Waals surface area contributed by atoms with Crippen LogP contribution in [-0.2, 0) is 16.4 Å². The van der Waals surface area contributed by atoms with Crippen LogP contribution >= 0.6 is 0 Å². The van der Waals surface area contributed by atoms with Crippen LogP contribution in [0.15, 0.2) is 96.1 Å². The fourth-order valence-electron chi connectivity index (χ4n) is 12.3. The number of ether oxygens (including phenoxy) is 1. The maximum Gasteiger partial charge on any atom is 0.141 e. The van der Waals surface area contributed by atoms with Crippen molar-refractivity contribution < 1.29 is 4.74 Å². The normalized spacial score (nSPS) is 17.7. The van der Waals surface area contributed by atoms with Gasteiger partial charge in [-0.3, -0.25) is 9.89 Å². The van der Waals surface area contributed by atoms with Crippen molar-refractivity contribution in [1.82, 2.24) is 4.98 Å². The lowest BCUT2D eigenvalue weighted by Gasteiger charge is -2.47. The molecule has 0 amide bonds. The van der Waals surface area contributed by atoms with Crippen molar-refractivity contribution in [2.45, 2.75) is 160 Å². The molecule has 7 aromatic rings. The summed E-state index contributed by atoms with van der Waals surface area (Å²) >= 11 is 0. The molecule has 0 unspecified atom stereocenters. The third-order valence-electron chi connectivity index (χ3n) is 17.3. The van der Waals surface area contributed by atoms with E-state index in [2.05, 4.69) is 226 Å². The Bertz CT molecular complexity index is 3410. The molecule has 3 aliphatic rings. The third kappa shape index (κ3) is 7.30. The fourth-order valence-corrected chi connectivity index (χ4v) is 12.3. The van der Waals surface area contributed by atoms with E-state index in [4.69, 9.17) is 14.7 Å². The molecule has 0 spiro atoms. The number of nitrogens with zero attached hydrogens (tertiary/aromatic N) is 4. The number of rotatable bonds is 6. The minimum absolute atomic E-state index is 0.00965. The molecule has 2 aliphatic heterocycles. The molecule has 0 N–H and O–H groups in total. The van der Waals surface area contributed by atoms with E-state index in [1.807, 2.05) is 6.20 Å². The van der Waals surface area contributed by atoms with Crippen LogP contribution in [0.1, 0.15) is 167 Å². The molecule has 364 valence electrons. The summed E-state index contributed by atoms with van der Waals surface area (Å²) in [6.07, 6.45) is 1.92. The molecule has 0 radical (unpaired) electrons. The zero-order valence-electron chi connectivity index (χ0n) is 46.0. The van der Waals surface area contributed by atoms with Gasteiger partial charge in [-0.15, -0.1) is 0 Å². The number of amidine groups is 1. The predicted octanol–water partition coefficient (Wildman–Crippen LogP) is 17.7. The molecule has 5 nitrogen and oxygen atoms in total. The van der Waals surface area contributed by atoms with E-state index in [9.17, 15) is 0 Å². The van der Waals surface area contributed by atoms with Crippen LogP contribution in [0.25, 0.3) is 11.1 Å². The largest absolute Gasteiger partial charge is 0.457 e. The number of aryl methyl sites for hydroxylation is 5. The van der Waals surface area contributed by atoms with Gasteiger partial charge in [0.15, 0.2) is 0 Å². The topological polar surface area (TPSA) is 41.0 Å². The van der Waals surface area contributed by atoms with E-state index in [1.165, 1.54) is 106 Å². The van der Waals surface area contributed by atoms with Crippen molar-refractivity contribution in [1.29, 1.82) is 0 Å². The van der Waals surface area contributed by atoms with Crippen molar-refractivity contribution in [3.05, 3.63) is 191 Å². The quantitative estimate of drug-likeness (QED) is 0.167. The first kappa shape index (κ1) is 48.2. The Kier molecular flexibility index (Phi) is 11.2. The van der Waals surface area contributed by atoms with Gasteiger partial charge < -0.3 is 9.64 Å². The smallest absolute Gasteiger partial charge is 0.141 e. The number of aliphatic imine (C=N–C) groups is 1. The highest BCUT2D eigenvalue weighted by atomic mass is 16.5. The summed E-state index contributed by atoms with van der Waals surface area (Å²) in [7, 11) is 0. The van der Waals surface area contributed by atoms with Crippen molar-refractivity contribution in [3.8, 4) is 22.6 Å². The summed E-state index contributed by atoms with van der Waals surface area (Å²) in [5.41, 5.74) is 28.3. The molecule has 0 saturated carbocycles. The van der Waals surface area contributed by atoms with E-state index in [-0.39, 0.29) is 22.8 Å². The number of hydrogen-bond donors (Lipinski definition) is 0. The molecule has 0 saturated heterocycles. The monoisotopic (exact) mass is 939 g/mol. The summed E-state index contributed by atoms with van der Waals surface area (Å²) in [5.74, 6) is 3.73. The van der Waals surface area contributed by atoms with E-state index >= 15 is 0 Å². The van der Waals surface area contributed by atoms with E-state index in [1.54, 1.807) is 0 Å². The number of aromatic nitrogens is 1. The molecule has 10 rings (SSSR count). The van der Waals surface area contributed by atoms with Gasteiger partial charge >= 0.3 is 0 Å². The van der Waals surface area contributed by atoms with Gasteiger partial charge in [-0.1, -0.05) is 84.9 Å². The summed E-state index contributed by atoms with van der Waals surface area (Å²) in [6.45, 7) is 43.7. The SMILES string of the molecule is Cc1cc(Oc2cc(C3=N[C@@H]4c5cc(C)c(C)c(C)c5-c5c(cc(C)c(C)c5C)[C@]4(C)N3c3c(C)c(C)cc(C)c3C)cc(C(C)C)c2)cc(N2c3ccc(C(C)(C)C)cc3C(C)(C)c3cccnc32)c1. The van der Waals surface area contributed by atoms with Gasteiger partial charge in [0.25, 0.3) is 0 Å². The summed E-state index contributed by atoms with van der Waals surface area (Å²) in [5, 5.41) is 0. The first-order valence-corrected chi connectivity index (χ1v) is 25.9. The second-order valence-electron chi connectivity index (χ2n) is 23.6. The van der Waals surface area contributed by atoms with E-state index in [0.29, 0.717) is 0 Å². The number of anilines is 4. The second-order valence-corrected chi connectivity index (χ2v) is 23.6. The fraction of sp³-hybridized carbons (Fsp3) is 0.364. The lowest BCUT2D eigenvalue weighted by molar-refractivity contribution is 0.420. The lowest BCUT2D eigenvalue weighted by atomic mass is 9.66. The van der Waals surface area contributed by atoms with Gasteiger partial charge in [0, 0.05) is 34.5 Å².